The number of piperazine rings is 1. The summed E-state index contributed by atoms with van der Waals surface area (Å²) in [5.41, 5.74) is 1.19. The van der Waals surface area contributed by atoms with Crippen molar-refractivity contribution in [1.29, 1.82) is 0 Å². The van der Waals surface area contributed by atoms with Gasteiger partial charge >= 0.3 is 0 Å². The summed E-state index contributed by atoms with van der Waals surface area (Å²) in [5, 5.41) is 2.59. The van der Waals surface area contributed by atoms with Crippen molar-refractivity contribution < 1.29 is 18.0 Å². The number of benzene rings is 1. The van der Waals surface area contributed by atoms with Crippen LogP contribution in [0.15, 0.2) is 53.7 Å². The van der Waals surface area contributed by atoms with E-state index in [4.69, 9.17) is 0 Å². The molecular weight excluding hydrogens is 368 g/mol. The highest BCUT2D eigenvalue weighted by atomic mass is 32.2. The summed E-state index contributed by atoms with van der Waals surface area (Å²) >= 11 is 0. The van der Waals surface area contributed by atoms with Gasteiger partial charge in [-0.05, 0) is 35.9 Å². The van der Waals surface area contributed by atoms with E-state index in [2.05, 4.69) is 10.3 Å². The van der Waals surface area contributed by atoms with Crippen LogP contribution in [0.2, 0.25) is 0 Å². The molecule has 0 saturated carbocycles. The molecule has 0 radical (unpaired) electrons. The summed E-state index contributed by atoms with van der Waals surface area (Å²) in [5.74, 6) is -0.630. The van der Waals surface area contributed by atoms with Crippen molar-refractivity contribution in [3.63, 3.8) is 0 Å². The third-order valence-electron chi connectivity index (χ3n) is 4.24. The van der Waals surface area contributed by atoms with Gasteiger partial charge in [-0.1, -0.05) is 6.07 Å². The maximum atomic E-state index is 12.8. The molecular formula is C18H20N4O4S. The average molecular weight is 388 g/mol. The Labute approximate surface area is 157 Å². The molecule has 1 aliphatic heterocycles. The first-order chi connectivity index (χ1) is 12.9. The zero-order valence-corrected chi connectivity index (χ0v) is 15.6. The molecule has 1 N–H and O–H groups in total. The molecule has 0 atom stereocenters. The maximum absolute atomic E-state index is 12.8. The quantitative estimate of drug-likeness (QED) is 0.803. The van der Waals surface area contributed by atoms with Gasteiger partial charge in [-0.2, -0.15) is 4.31 Å². The molecule has 27 heavy (non-hydrogen) atoms. The van der Waals surface area contributed by atoms with Gasteiger partial charge in [-0.3, -0.25) is 14.6 Å². The van der Waals surface area contributed by atoms with Gasteiger partial charge < -0.3 is 10.2 Å². The third kappa shape index (κ3) is 4.32. The number of hydrogen-bond donors (Lipinski definition) is 1. The summed E-state index contributed by atoms with van der Waals surface area (Å²) in [6.07, 6.45) is 3.30. The van der Waals surface area contributed by atoms with Crippen LogP contribution in [0.25, 0.3) is 0 Å². The Morgan fingerprint density at radius 3 is 2.70 bits per heavy atom. The average Bonchev–Trinajstić information content (AvgIpc) is 2.68. The van der Waals surface area contributed by atoms with Gasteiger partial charge in [0.25, 0.3) is 5.91 Å². The highest BCUT2D eigenvalue weighted by Gasteiger charge is 2.29. The molecule has 1 aromatic heterocycles. The minimum Gasteiger partial charge on any atom is -0.354 e. The normalized spacial score (nSPS) is 15.2. The number of amides is 2. The Balaban J connectivity index is 1.80. The number of carbonyl (C=O) groups excluding carboxylic acids is 2. The van der Waals surface area contributed by atoms with Gasteiger partial charge in [0.2, 0.25) is 15.9 Å². The summed E-state index contributed by atoms with van der Waals surface area (Å²) in [6, 6.07) is 9.52. The van der Waals surface area contributed by atoms with Crippen LogP contribution in [0, 0.1) is 0 Å². The van der Waals surface area contributed by atoms with E-state index < -0.39 is 10.0 Å². The molecule has 8 nitrogen and oxygen atoms in total. The van der Waals surface area contributed by atoms with E-state index in [1.54, 1.807) is 25.5 Å². The van der Waals surface area contributed by atoms with Crippen molar-refractivity contribution in [3.05, 3.63) is 59.9 Å². The number of carbonyl (C=O) groups is 2. The molecule has 2 amide bonds. The van der Waals surface area contributed by atoms with E-state index in [9.17, 15) is 18.0 Å². The van der Waals surface area contributed by atoms with Crippen LogP contribution in [0.5, 0.6) is 0 Å². The highest BCUT2D eigenvalue weighted by Crippen LogP contribution is 2.19. The number of hydrogen-bond acceptors (Lipinski definition) is 5. The molecule has 0 unspecified atom stereocenters. The van der Waals surface area contributed by atoms with Gasteiger partial charge in [-0.15, -0.1) is 0 Å². The van der Waals surface area contributed by atoms with Crippen molar-refractivity contribution in [1.82, 2.24) is 19.5 Å². The summed E-state index contributed by atoms with van der Waals surface area (Å²) in [7, 11) is -2.19. The molecule has 9 heteroatoms. The lowest BCUT2D eigenvalue weighted by Crippen LogP contribution is -2.49. The number of nitrogens with one attached hydrogen (secondary N) is 1. The Morgan fingerprint density at radius 2 is 2.00 bits per heavy atom. The lowest BCUT2D eigenvalue weighted by atomic mass is 10.2. The van der Waals surface area contributed by atoms with Crippen molar-refractivity contribution >= 4 is 21.8 Å². The van der Waals surface area contributed by atoms with E-state index in [-0.39, 0.29) is 41.9 Å². The molecule has 0 spiro atoms. The van der Waals surface area contributed by atoms with E-state index in [1.807, 2.05) is 12.1 Å². The first-order valence-corrected chi connectivity index (χ1v) is 9.83. The van der Waals surface area contributed by atoms with Crippen molar-refractivity contribution in [2.75, 3.05) is 26.7 Å². The van der Waals surface area contributed by atoms with E-state index in [0.717, 1.165) is 9.87 Å². The van der Waals surface area contributed by atoms with Crippen LogP contribution in [-0.2, 0) is 21.4 Å². The fraction of sp³-hybridized carbons (Fsp3) is 0.278. The van der Waals surface area contributed by atoms with Gasteiger partial charge in [0.1, 0.15) is 0 Å². The Hall–Kier alpha value is -2.78. The van der Waals surface area contributed by atoms with Crippen LogP contribution in [0.4, 0.5) is 0 Å². The van der Waals surface area contributed by atoms with E-state index in [0.29, 0.717) is 6.54 Å². The second-order valence-corrected chi connectivity index (χ2v) is 8.17. The topological polar surface area (TPSA) is 99.7 Å². The van der Waals surface area contributed by atoms with Crippen molar-refractivity contribution in [2.24, 2.45) is 0 Å². The summed E-state index contributed by atoms with van der Waals surface area (Å²) in [6.45, 7) is 0.632. The maximum Gasteiger partial charge on any atom is 0.253 e. The molecule has 1 aliphatic rings. The third-order valence-corrected chi connectivity index (χ3v) is 6.08. The molecule has 1 aromatic carbocycles. The SMILES string of the molecule is CN(Cc1ccncc1)C(=O)c1cccc(S(=O)(=O)N2CCNC(=O)C2)c1. The molecule has 2 heterocycles. The molecule has 0 aliphatic carbocycles. The summed E-state index contributed by atoms with van der Waals surface area (Å²) in [4.78, 5) is 29.7. The van der Waals surface area contributed by atoms with Crippen molar-refractivity contribution in [3.8, 4) is 0 Å². The molecule has 2 aromatic rings. The lowest BCUT2D eigenvalue weighted by molar-refractivity contribution is -0.122. The Bertz CT molecular complexity index is 947. The second-order valence-electron chi connectivity index (χ2n) is 6.23. The first kappa shape index (κ1) is 19.0. The smallest absolute Gasteiger partial charge is 0.253 e. The fourth-order valence-electron chi connectivity index (χ4n) is 2.81. The highest BCUT2D eigenvalue weighted by molar-refractivity contribution is 7.89. The predicted octanol–water partition coefficient (Wildman–Crippen LogP) is 0.474. The number of sulfonamides is 1. The lowest BCUT2D eigenvalue weighted by Gasteiger charge is -2.26. The monoisotopic (exact) mass is 388 g/mol. The van der Waals surface area contributed by atoms with Crippen LogP contribution in [0.1, 0.15) is 15.9 Å². The predicted molar refractivity (Wildman–Crippen MR) is 98.2 cm³/mol. The van der Waals surface area contributed by atoms with Crippen LogP contribution >= 0.6 is 0 Å². The minimum atomic E-state index is -3.84. The largest absolute Gasteiger partial charge is 0.354 e. The number of aromatic nitrogens is 1. The van der Waals surface area contributed by atoms with Crippen LogP contribution < -0.4 is 5.32 Å². The van der Waals surface area contributed by atoms with E-state index >= 15 is 0 Å². The summed E-state index contributed by atoms with van der Waals surface area (Å²) < 4.78 is 26.7. The van der Waals surface area contributed by atoms with Crippen LogP contribution in [-0.4, -0.2) is 61.1 Å². The molecule has 0 bridgehead atoms. The van der Waals surface area contributed by atoms with Crippen molar-refractivity contribution in [2.45, 2.75) is 11.4 Å². The van der Waals surface area contributed by atoms with Gasteiger partial charge in [0.15, 0.2) is 0 Å². The molecule has 1 fully saturated rings. The van der Waals surface area contributed by atoms with Crippen LogP contribution in [0.3, 0.4) is 0 Å². The van der Waals surface area contributed by atoms with Gasteiger partial charge in [0, 0.05) is 44.6 Å². The second kappa shape index (κ2) is 7.85. The Morgan fingerprint density at radius 1 is 1.26 bits per heavy atom. The molecule has 1 saturated heterocycles. The Kier molecular flexibility index (Phi) is 5.52. The number of pyridine rings is 1. The zero-order chi connectivity index (χ0) is 19.4. The molecule has 3 rings (SSSR count). The number of rotatable bonds is 5. The first-order valence-electron chi connectivity index (χ1n) is 8.39. The van der Waals surface area contributed by atoms with Gasteiger partial charge in [-0.25, -0.2) is 8.42 Å². The standard InChI is InChI=1S/C18H20N4O4S/c1-21(12-14-5-7-19-8-6-14)18(24)15-3-2-4-16(11-15)27(25,26)22-10-9-20-17(23)13-22/h2-8,11H,9-10,12-13H2,1H3,(H,20,23). The zero-order valence-electron chi connectivity index (χ0n) is 14.8. The van der Waals surface area contributed by atoms with E-state index in [1.165, 1.54) is 23.1 Å². The fourth-order valence-corrected chi connectivity index (χ4v) is 4.26. The number of nitrogens with zero attached hydrogens (tertiary/aromatic N) is 3. The minimum absolute atomic E-state index is 0.000334. The van der Waals surface area contributed by atoms with Gasteiger partial charge in [0.05, 0.1) is 11.4 Å². The molecule has 142 valence electrons.